The van der Waals surface area contributed by atoms with Gasteiger partial charge >= 0.3 is 0 Å². The molecule has 0 bridgehead atoms. The summed E-state index contributed by atoms with van der Waals surface area (Å²) in [5.41, 5.74) is 1.48. The minimum atomic E-state index is -3.70. The number of aromatic nitrogens is 2. The number of nitrogens with zero attached hydrogens (tertiary/aromatic N) is 5. The van der Waals surface area contributed by atoms with E-state index in [0.717, 1.165) is 44.3 Å². The number of ether oxygens (including phenoxy) is 1. The first-order valence-corrected chi connectivity index (χ1v) is 18.3. The highest BCUT2D eigenvalue weighted by Crippen LogP contribution is 2.36. The molecule has 11 nitrogen and oxygen atoms in total. The zero-order valence-corrected chi connectivity index (χ0v) is 27.5. The van der Waals surface area contributed by atoms with Gasteiger partial charge in [0, 0.05) is 45.3 Å². The van der Waals surface area contributed by atoms with Crippen molar-refractivity contribution in [2.75, 3.05) is 58.2 Å². The highest BCUT2D eigenvalue weighted by molar-refractivity contribution is 7.89. The van der Waals surface area contributed by atoms with Crippen molar-refractivity contribution < 1.29 is 22.7 Å². The number of methoxy groups -OCH3 is 1. The van der Waals surface area contributed by atoms with E-state index in [0.29, 0.717) is 66.4 Å². The van der Waals surface area contributed by atoms with Gasteiger partial charge in [0.1, 0.15) is 10.3 Å². The number of likely N-dealkylation sites (tertiary alicyclic amines) is 1. The molecule has 1 aliphatic carbocycles. The fourth-order valence-corrected chi connectivity index (χ4v) is 8.97. The van der Waals surface area contributed by atoms with E-state index in [1.165, 1.54) is 34.9 Å². The normalized spacial score (nSPS) is 19.5. The second kappa shape index (κ2) is 14.1. The van der Waals surface area contributed by atoms with Crippen LogP contribution in [-0.2, 0) is 19.6 Å². The summed E-state index contributed by atoms with van der Waals surface area (Å²) < 4.78 is 33.8. The number of piperazine rings is 1. The third kappa shape index (κ3) is 7.48. The van der Waals surface area contributed by atoms with Gasteiger partial charge in [0.05, 0.1) is 24.5 Å². The molecular weight excluding hydrogens is 613 g/mol. The molecular formula is C32H42N6O5S2. The van der Waals surface area contributed by atoms with Gasteiger partial charge in [-0.15, -0.1) is 0 Å². The van der Waals surface area contributed by atoms with Gasteiger partial charge in [-0.05, 0) is 55.4 Å². The smallest absolute Gasteiger partial charge is 0.243 e. The molecule has 3 fully saturated rings. The summed E-state index contributed by atoms with van der Waals surface area (Å²) in [7, 11) is -2.14. The summed E-state index contributed by atoms with van der Waals surface area (Å²) in [6.45, 7) is 3.71. The maximum Gasteiger partial charge on any atom is 0.243 e. The average molecular weight is 655 g/mol. The minimum Gasteiger partial charge on any atom is -0.481 e. The largest absolute Gasteiger partial charge is 0.481 e. The Morgan fingerprint density at radius 1 is 0.933 bits per heavy atom. The fraction of sp³-hybridized carbons (Fsp3) is 0.562. The summed E-state index contributed by atoms with van der Waals surface area (Å²) >= 11 is 1.30. The molecule has 1 N–H and O–H groups in total. The van der Waals surface area contributed by atoms with Gasteiger partial charge in [-0.1, -0.05) is 49.2 Å². The van der Waals surface area contributed by atoms with Crippen LogP contribution < -0.4 is 10.1 Å². The Labute approximate surface area is 269 Å². The molecule has 2 aliphatic heterocycles. The van der Waals surface area contributed by atoms with Crippen molar-refractivity contribution in [1.82, 2.24) is 24.1 Å². The molecule has 13 heteroatoms. The second-order valence-electron chi connectivity index (χ2n) is 12.3. The fourth-order valence-electron chi connectivity index (χ4n) is 6.72. The zero-order chi connectivity index (χ0) is 31.4. The van der Waals surface area contributed by atoms with Crippen molar-refractivity contribution in [1.29, 1.82) is 0 Å². The van der Waals surface area contributed by atoms with E-state index in [2.05, 4.69) is 20.2 Å². The van der Waals surface area contributed by atoms with Crippen LogP contribution in [-0.4, -0.2) is 97.2 Å². The lowest BCUT2D eigenvalue weighted by Gasteiger charge is -2.35. The van der Waals surface area contributed by atoms with Crippen molar-refractivity contribution in [2.24, 2.45) is 5.92 Å². The molecule has 45 heavy (non-hydrogen) atoms. The van der Waals surface area contributed by atoms with E-state index in [9.17, 15) is 18.0 Å². The molecule has 3 aromatic rings. The highest BCUT2D eigenvalue weighted by Gasteiger charge is 2.32. The number of nitrogens with one attached hydrogen (secondary N) is 1. The molecule has 2 amide bonds. The molecule has 0 spiro atoms. The van der Waals surface area contributed by atoms with Gasteiger partial charge in [-0.3, -0.25) is 14.5 Å². The maximum atomic E-state index is 13.7. The summed E-state index contributed by atoms with van der Waals surface area (Å²) in [6.07, 6.45) is 8.51. The van der Waals surface area contributed by atoms with Crippen LogP contribution in [0.4, 0.5) is 5.13 Å². The Kier molecular flexibility index (Phi) is 9.98. The lowest BCUT2D eigenvalue weighted by atomic mass is 9.87. The Balaban J connectivity index is 1.11. The molecule has 242 valence electrons. The summed E-state index contributed by atoms with van der Waals surface area (Å²) in [6, 6.07) is 10.4. The van der Waals surface area contributed by atoms with Crippen LogP contribution in [0.1, 0.15) is 62.8 Å². The second-order valence-corrected chi connectivity index (χ2v) is 15.2. The van der Waals surface area contributed by atoms with Gasteiger partial charge in [0.2, 0.25) is 27.7 Å². The molecule has 6 rings (SSSR count). The van der Waals surface area contributed by atoms with Crippen molar-refractivity contribution in [3.05, 3.63) is 42.0 Å². The van der Waals surface area contributed by atoms with Crippen molar-refractivity contribution in [3.8, 4) is 5.88 Å². The maximum absolute atomic E-state index is 13.7. The van der Waals surface area contributed by atoms with Crippen LogP contribution >= 0.6 is 11.3 Å². The minimum absolute atomic E-state index is 0.137. The third-order valence-corrected chi connectivity index (χ3v) is 12.1. The molecule has 0 radical (unpaired) electrons. The molecule has 1 atom stereocenters. The van der Waals surface area contributed by atoms with E-state index in [-0.39, 0.29) is 16.7 Å². The lowest BCUT2D eigenvalue weighted by molar-refractivity contribution is -0.133. The van der Waals surface area contributed by atoms with E-state index in [1.807, 2.05) is 11.0 Å². The van der Waals surface area contributed by atoms with Crippen LogP contribution in [0.15, 0.2) is 41.3 Å². The number of benzene rings is 1. The summed E-state index contributed by atoms with van der Waals surface area (Å²) in [5.74, 6) is 0.489. The number of rotatable bonds is 10. The zero-order valence-electron chi connectivity index (χ0n) is 25.8. The molecule has 3 aliphatic rings. The molecule has 1 aromatic carbocycles. The first-order valence-electron chi connectivity index (χ1n) is 16.0. The quantitative estimate of drug-likeness (QED) is 0.343. The van der Waals surface area contributed by atoms with E-state index in [4.69, 9.17) is 4.74 Å². The number of thiazole rings is 1. The lowest BCUT2D eigenvalue weighted by Crippen LogP contribution is -2.51. The van der Waals surface area contributed by atoms with Crippen LogP contribution in [0.3, 0.4) is 0 Å². The molecule has 2 saturated heterocycles. The van der Waals surface area contributed by atoms with Gasteiger partial charge in [-0.25, -0.2) is 18.4 Å². The van der Waals surface area contributed by atoms with Crippen LogP contribution in [0, 0.1) is 5.92 Å². The molecule has 2 aromatic heterocycles. The Morgan fingerprint density at radius 2 is 1.64 bits per heavy atom. The number of pyridine rings is 1. The number of hydrogen-bond acceptors (Lipinski definition) is 9. The molecule has 4 heterocycles. The highest BCUT2D eigenvalue weighted by atomic mass is 32.2. The van der Waals surface area contributed by atoms with Gasteiger partial charge in [0.15, 0.2) is 5.13 Å². The average Bonchev–Trinajstić information content (AvgIpc) is 3.73. The van der Waals surface area contributed by atoms with Gasteiger partial charge in [-0.2, -0.15) is 4.31 Å². The van der Waals surface area contributed by atoms with E-state index >= 15 is 0 Å². The van der Waals surface area contributed by atoms with Crippen LogP contribution in [0.25, 0.3) is 10.3 Å². The number of piperidine rings is 1. The first-order chi connectivity index (χ1) is 21.8. The monoisotopic (exact) mass is 654 g/mol. The summed E-state index contributed by atoms with van der Waals surface area (Å²) in [5, 5.41) is 3.48. The van der Waals surface area contributed by atoms with E-state index in [1.54, 1.807) is 37.4 Å². The number of fused-ring (bicyclic) bond motifs is 1. The van der Waals surface area contributed by atoms with Crippen LogP contribution in [0.5, 0.6) is 5.88 Å². The van der Waals surface area contributed by atoms with Crippen molar-refractivity contribution in [3.63, 3.8) is 0 Å². The number of sulfonamides is 1. The Morgan fingerprint density at radius 3 is 2.33 bits per heavy atom. The molecule has 0 unspecified atom stereocenters. The van der Waals surface area contributed by atoms with Crippen molar-refractivity contribution >= 4 is 48.7 Å². The predicted molar refractivity (Wildman–Crippen MR) is 174 cm³/mol. The number of carbonyl (C=O) groups is 2. The number of amides is 2. The topological polar surface area (TPSA) is 125 Å². The predicted octanol–water partition coefficient (Wildman–Crippen LogP) is 4.32. The standard InChI is InChI=1S/C32H42N6O5S2/c1-43-28-14-13-27-31(34-28)44-32(33-27)35-30(40)26(21-23-7-3-4-8-23)24-9-11-25(12-10-24)45(41,42)38-19-17-36(18-20-38)22-29(39)37-15-5-2-6-16-37/h9-14,23,26H,2-8,15-22H2,1H3,(H,33,35,40)/t26-/m1/s1. The molecule has 1 saturated carbocycles. The van der Waals surface area contributed by atoms with E-state index < -0.39 is 15.9 Å². The van der Waals surface area contributed by atoms with Gasteiger partial charge < -0.3 is 15.0 Å². The SMILES string of the molecule is COc1ccc2nc(NC(=O)[C@H](CC3CCCC3)c3ccc(S(=O)(=O)N4CCN(CC(=O)N5CCCCC5)CC4)cc3)sc2n1. The first kappa shape index (κ1) is 31.8. The summed E-state index contributed by atoms with van der Waals surface area (Å²) in [4.78, 5) is 40.2. The van der Waals surface area contributed by atoms with Crippen LogP contribution in [0.2, 0.25) is 0 Å². The van der Waals surface area contributed by atoms with Crippen molar-refractivity contribution in [2.45, 2.75) is 62.2 Å². The Bertz CT molecular complexity index is 1590. The number of carbonyl (C=O) groups excluding carboxylic acids is 2. The van der Waals surface area contributed by atoms with Gasteiger partial charge in [0.25, 0.3) is 0 Å². The Hall–Kier alpha value is -3.13. The number of anilines is 1. The third-order valence-electron chi connectivity index (χ3n) is 9.35. The number of hydrogen-bond donors (Lipinski definition) is 1.